The molecule has 6 nitrogen and oxygen atoms in total. The van der Waals surface area contributed by atoms with Gasteiger partial charge < -0.3 is 4.74 Å². The van der Waals surface area contributed by atoms with E-state index in [0.717, 1.165) is 5.56 Å². The van der Waals surface area contributed by atoms with Gasteiger partial charge in [-0.1, -0.05) is 36.8 Å². The summed E-state index contributed by atoms with van der Waals surface area (Å²) < 4.78 is 32.3. The summed E-state index contributed by atoms with van der Waals surface area (Å²) >= 11 is 0. The van der Waals surface area contributed by atoms with Crippen LogP contribution < -0.4 is 4.72 Å². The molecule has 0 amide bonds. The van der Waals surface area contributed by atoms with Crippen molar-refractivity contribution >= 4 is 21.8 Å². The highest BCUT2D eigenvalue weighted by molar-refractivity contribution is 7.89. The zero-order valence-corrected chi connectivity index (χ0v) is 17.2. The number of benzene rings is 2. The summed E-state index contributed by atoms with van der Waals surface area (Å²) in [5, 5.41) is 0. The van der Waals surface area contributed by atoms with Crippen LogP contribution in [0, 0.1) is 6.92 Å². The molecule has 0 fully saturated rings. The Labute approximate surface area is 166 Å². The average molecular weight is 404 g/mol. The van der Waals surface area contributed by atoms with Crippen LogP contribution in [0.25, 0.3) is 0 Å². The first-order valence-corrected chi connectivity index (χ1v) is 10.6. The van der Waals surface area contributed by atoms with Gasteiger partial charge in [-0.2, -0.15) is 0 Å². The lowest BCUT2D eigenvalue weighted by Crippen LogP contribution is -2.32. The fourth-order valence-corrected chi connectivity index (χ4v) is 3.75. The highest BCUT2D eigenvalue weighted by atomic mass is 32.2. The molecule has 0 spiro atoms. The van der Waals surface area contributed by atoms with Gasteiger partial charge in [0.2, 0.25) is 15.8 Å². The van der Waals surface area contributed by atoms with Crippen LogP contribution in [-0.2, 0) is 14.8 Å². The molecule has 7 heteroatoms. The number of sulfonamides is 1. The fourth-order valence-electron chi connectivity index (χ4n) is 2.42. The zero-order chi connectivity index (χ0) is 20.9. The van der Waals surface area contributed by atoms with E-state index in [2.05, 4.69) is 4.72 Å². The molecule has 0 heterocycles. The van der Waals surface area contributed by atoms with Crippen molar-refractivity contribution in [1.29, 1.82) is 0 Å². The van der Waals surface area contributed by atoms with E-state index in [1.807, 2.05) is 26.0 Å². The van der Waals surface area contributed by atoms with Crippen LogP contribution >= 0.6 is 0 Å². The Kier molecular flexibility index (Phi) is 7.10. The number of rotatable bonds is 8. The van der Waals surface area contributed by atoms with Crippen molar-refractivity contribution in [3.8, 4) is 0 Å². The smallest absolute Gasteiger partial charge is 0.338 e. The Hall–Kier alpha value is -2.51. The molecule has 0 unspecified atom stereocenters. The minimum Gasteiger partial charge on any atom is -0.451 e. The molecule has 28 heavy (non-hydrogen) atoms. The van der Waals surface area contributed by atoms with Crippen LogP contribution in [0.2, 0.25) is 0 Å². The number of aryl methyl sites for hydroxylation is 1. The van der Waals surface area contributed by atoms with Gasteiger partial charge in [0.15, 0.2) is 6.10 Å². The largest absolute Gasteiger partial charge is 0.451 e. The molecule has 150 valence electrons. The molecule has 2 atom stereocenters. The Morgan fingerprint density at radius 1 is 0.964 bits per heavy atom. The number of carbonyl (C=O) groups excluding carboxylic acids is 2. The molecule has 2 rings (SSSR count). The van der Waals surface area contributed by atoms with Gasteiger partial charge >= 0.3 is 5.97 Å². The fraction of sp³-hybridized carbons (Fsp3) is 0.333. The van der Waals surface area contributed by atoms with Crippen molar-refractivity contribution in [2.75, 3.05) is 0 Å². The summed E-state index contributed by atoms with van der Waals surface area (Å²) in [5.41, 5.74) is 1.66. The quantitative estimate of drug-likeness (QED) is 0.538. The molecule has 0 bridgehead atoms. The van der Waals surface area contributed by atoms with Crippen molar-refractivity contribution in [3.63, 3.8) is 0 Å². The lowest BCUT2D eigenvalue weighted by atomic mass is 10.1. The minimum absolute atomic E-state index is 0.0631. The Balaban J connectivity index is 2.06. The molecule has 0 aliphatic heterocycles. The van der Waals surface area contributed by atoms with Crippen molar-refractivity contribution in [1.82, 2.24) is 4.72 Å². The van der Waals surface area contributed by atoms with Crippen LogP contribution in [0.4, 0.5) is 0 Å². The van der Waals surface area contributed by atoms with E-state index >= 15 is 0 Å². The van der Waals surface area contributed by atoms with Gasteiger partial charge in [0.25, 0.3) is 0 Å². The number of Topliss-reactive ketones (excluding diaryl/α,β-unsaturated/α-hetero) is 1. The summed E-state index contributed by atoms with van der Waals surface area (Å²) in [6, 6.07) is 12.2. The molecule has 0 aromatic heterocycles. The minimum atomic E-state index is -3.65. The van der Waals surface area contributed by atoms with Crippen LogP contribution in [0.3, 0.4) is 0 Å². The second kappa shape index (κ2) is 9.12. The molecular formula is C21H25NO5S. The van der Waals surface area contributed by atoms with Crippen molar-refractivity contribution in [3.05, 3.63) is 65.2 Å². The maximum Gasteiger partial charge on any atom is 0.338 e. The van der Waals surface area contributed by atoms with Crippen LogP contribution in [0.1, 0.15) is 53.5 Å². The molecule has 2 aromatic rings. The van der Waals surface area contributed by atoms with Gasteiger partial charge in [0.1, 0.15) is 0 Å². The van der Waals surface area contributed by atoms with Gasteiger partial charge in [-0.15, -0.1) is 0 Å². The number of esters is 1. The van der Waals surface area contributed by atoms with Crippen molar-refractivity contribution in [2.45, 2.75) is 51.2 Å². The van der Waals surface area contributed by atoms with E-state index in [1.54, 1.807) is 19.1 Å². The van der Waals surface area contributed by atoms with E-state index in [-0.39, 0.29) is 22.3 Å². The number of carbonyl (C=O) groups is 2. The van der Waals surface area contributed by atoms with E-state index < -0.39 is 22.1 Å². The molecule has 2 aromatic carbocycles. The predicted octanol–water partition coefficient (Wildman–Crippen LogP) is 3.50. The van der Waals surface area contributed by atoms with Crippen molar-refractivity contribution < 1.29 is 22.7 Å². The second-order valence-corrected chi connectivity index (χ2v) is 8.45. The first-order valence-electron chi connectivity index (χ1n) is 9.08. The van der Waals surface area contributed by atoms with Gasteiger partial charge in [-0.3, -0.25) is 4.79 Å². The average Bonchev–Trinajstić information content (AvgIpc) is 2.67. The number of hydrogen-bond donors (Lipinski definition) is 1. The molecular weight excluding hydrogens is 378 g/mol. The highest BCUT2D eigenvalue weighted by Gasteiger charge is 2.21. The third-order valence-electron chi connectivity index (χ3n) is 4.36. The maximum atomic E-state index is 12.4. The van der Waals surface area contributed by atoms with E-state index in [0.29, 0.717) is 12.0 Å². The summed E-state index contributed by atoms with van der Waals surface area (Å²) in [6.07, 6.45) is -0.290. The van der Waals surface area contributed by atoms with Crippen LogP contribution in [0.15, 0.2) is 53.4 Å². The lowest BCUT2D eigenvalue weighted by molar-refractivity contribution is 0.0318. The van der Waals surface area contributed by atoms with Gasteiger partial charge in [-0.05, 0) is 51.5 Å². The van der Waals surface area contributed by atoms with Crippen LogP contribution in [0.5, 0.6) is 0 Å². The first-order chi connectivity index (χ1) is 13.1. The summed E-state index contributed by atoms with van der Waals surface area (Å²) in [7, 11) is -3.65. The lowest BCUT2D eigenvalue weighted by Gasteiger charge is -2.14. The van der Waals surface area contributed by atoms with Gasteiger partial charge in [0, 0.05) is 11.6 Å². The second-order valence-electron chi connectivity index (χ2n) is 6.73. The predicted molar refractivity (Wildman–Crippen MR) is 107 cm³/mol. The molecule has 0 saturated carbocycles. The molecule has 0 radical (unpaired) electrons. The highest BCUT2D eigenvalue weighted by Crippen LogP contribution is 2.14. The summed E-state index contributed by atoms with van der Waals surface area (Å²) in [5.74, 6) is -0.989. The topological polar surface area (TPSA) is 89.5 Å². The SMILES string of the molecule is CC[C@@H](C)NS(=O)(=O)c1ccc(C(=O)O[C@@H](C)C(=O)c2ccc(C)cc2)cc1. The number of ketones is 1. The maximum absolute atomic E-state index is 12.4. The monoisotopic (exact) mass is 403 g/mol. The van der Waals surface area contributed by atoms with E-state index in [9.17, 15) is 18.0 Å². The Morgan fingerprint density at radius 3 is 2.04 bits per heavy atom. The number of ether oxygens (including phenoxy) is 1. The molecule has 0 saturated heterocycles. The standard InChI is InChI=1S/C21H25NO5S/c1-5-15(3)22-28(25,26)19-12-10-18(11-13-19)21(24)27-16(4)20(23)17-8-6-14(2)7-9-17/h6-13,15-16,22H,5H2,1-4H3/t15-,16+/m1/s1. The third kappa shape index (κ3) is 5.50. The number of hydrogen-bond acceptors (Lipinski definition) is 5. The first kappa shape index (κ1) is 21.8. The molecule has 0 aliphatic carbocycles. The zero-order valence-electron chi connectivity index (χ0n) is 16.4. The Bertz CT molecular complexity index is 934. The van der Waals surface area contributed by atoms with E-state index in [1.165, 1.54) is 31.2 Å². The van der Waals surface area contributed by atoms with Gasteiger partial charge in [-0.25, -0.2) is 17.9 Å². The summed E-state index contributed by atoms with van der Waals surface area (Å²) in [4.78, 5) is 24.7. The Morgan fingerprint density at radius 2 is 1.50 bits per heavy atom. The molecule has 0 aliphatic rings. The van der Waals surface area contributed by atoms with Gasteiger partial charge in [0.05, 0.1) is 10.5 Å². The van der Waals surface area contributed by atoms with Crippen molar-refractivity contribution in [2.24, 2.45) is 0 Å². The summed E-state index contributed by atoms with van der Waals surface area (Å²) in [6.45, 7) is 7.08. The molecule has 1 N–H and O–H groups in total. The normalized spacial score (nSPS) is 13.6. The van der Waals surface area contributed by atoms with Crippen LogP contribution in [-0.4, -0.2) is 32.3 Å². The number of nitrogens with one attached hydrogen (secondary N) is 1. The third-order valence-corrected chi connectivity index (χ3v) is 5.96. The van der Waals surface area contributed by atoms with E-state index in [4.69, 9.17) is 4.74 Å².